The van der Waals surface area contributed by atoms with Crippen molar-refractivity contribution in [2.75, 3.05) is 18.4 Å². The SMILES string of the molecule is C[C@@H]1CCCN(S(=O)(=O)c2ccc(N[C@@H](C)c3ccco3)c([N+](=O)[O-])c2)C1. The van der Waals surface area contributed by atoms with Gasteiger partial charge < -0.3 is 9.73 Å². The summed E-state index contributed by atoms with van der Waals surface area (Å²) in [5.41, 5.74) is -0.0330. The molecule has 1 aliphatic rings. The first-order chi connectivity index (χ1) is 12.8. The molecule has 2 heterocycles. The highest BCUT2D eigenvalue weighted by Gasteiger charge is 2.30. The van der Waals surface area contributed by atoms with E-state index in [1.807, 2.05) is 13.8 Å². The van der Waals surface area contributed by atoms with Crippen molar-refractivity contribution in [2.24, 2.45) is 5.92 Å². The van der Waals surface area contributed by atoms with Crippen molar-refractivity contribution in [2.45, 2.75) is 37.6 Å². The van der Waals surface area contributed by atoms with E-state index in [1.54, 1.807) is 12.1 Å². The Hall–Kier alpha value is -2.39. The molecule has 27 heavy (non-hydrogen) atoms. The van der Waals surface area contributed by atoms with Crippen LogP contribution in [0.4, 0.5) is 11.4 Å². The topological polar surface area (TPSA) is 106 Å². The molecule has 0 aliphatic carbocycles. The Morgan fingerprint density at radius 1 is 1.37 bits per heavy atom. The van der Waals surface area contributed by atoms with Gasteiger partial charge in [0.2, 0.25) is 10.0 Å². The van der Waals surface area contributed by atoms with E-state index in [1.165, 1.54) is 22.7 Å². The van der Waals surface area contributed by atoms with Gasteiger partial charge in [0.15, 0.2) is 0 Å². The van der Waals surface area contributed by atoms with E-state index in [4.69, 9.17) is 4.42 Å². The fourth-order valence-corrected chi connectivity index (χ4v) is 4.92. The van der Waals surface area contributed by atoms with E-state index < -0.39 is 14.9 Å². The molecule has 0 spiro atoms. The molecule has 1 saturated heterocycles. The molecule has 0 amide bonds. The summed E-state index contributed by atoms with van der Waals surface area (Å²) in [7, 11) is -3.76. The number of furan rings is 1. The van der Waals surface area contributed by atoms with Crippen LogP contribution in [0.2, 0.25) is 0 Å². The Balaban J connectivity index is 1.90. The summed E-state index contributed by atoms with van der Waals surface area (Å²) in [6.07, 6.45) is 3.31. The number of nitrogens with zero attached hydrogens (tertiary/aromatic N) is 2. The van der Waals surface area contributed by atoms with E-state index >= 15 is 0 Å². The molecule has 1 fully saturated rings. The maximum Gasteiger partial charge on any atom is 0.293 e. The van der Waals surface area contributed by atoms with Gasteiger partial charge in [-0.25, -0.2) is 8.42 Å². The molecule has 0 bridgehead atoms. The van der Waals surface area contributed by atoms with Gasteiger partial charge in [-0.3, -0.25) is 10.1 Å². The highest BCUT2D eigenvalue weighted by atomic mass is 32.2. The summed E-state index contributed by atoms with van der Waals surface area (Å²) >= 11 is 0. The fourth-order valence-electron chi connectivity index (χ4n) is 3.30. The lowest BCUT2D eigenvalue weighted by molar-refractivity contribution is -0.384. The molecule has 8 nitrogen and oxygen atoms in total. The third-order valence-corrected chi connectivity index (χ3v) is 6.63. The molecule has 1 aromatic heterocycles. The summed E-state index contributed by atoms with van der Waals surface area (Å²) in [5, 5.41) is 14.5. The van der Waals surface area contributed by atoms with E-state index in [-0.39, 0.29) is 28.2 Å². The average molecular weight is 393 g/mol. The number of nitro groups is 1. The van der Waals surface area contributed by atoms with Crippen molar-refractivity contribution in [1.82, 2.24) is 4.31 Å². The van der Waals surface area contributed by atoms with E-state index in [0.717, 1.165) is 18.9 Å². The third-order valence-electron chi connectivity index (χ3n) is 4.77. The van der Waals surface area contributed by atoms with Crippen molar-refractivity contribution in [1.29, 1.82) is 0 Å². The number of piperidine rings is 1. The van der Waals surface area contributed by atoms with E-state index in [0.29, 0.717) is 18.8 Å². The van der Waals surface area contributed by atoms with Crippen LogP contribution in [0.5, 0.6) is 0 Å². The van der Waals surface area contributed by atoms with Gasteiger partial charge in [-0.2, -0.15) is 4.31 Å². The van der Waals surface area contributed by atoms with Gasteiger partial charge in [0.25, 0.3) is 5.69 Å². The normalized spacial score (nSPS) is 19.6. The van der Waals surface area contributed by atoms with Gasteiger partial charge in [-0.15, -0.1) is 0 Å². The van der Waals surface area contributed by atoms with Crippen LogP contribution in [0.15, 0.2) is 45.9 Å². The lowest BCUT2D eigenvalue weighted by atomic mass is 10.0. The summed E-state index contributed by atoms with van der Waals surface area (Å²) in [4.78, 5) is 10.9. The quantitative estimate of drug-likeness (QED) is 0.591. The fraction of sp³-hybridized carbons (Fsp3) is 0.444. The van der Waals surface area contributed by atoms with Gasteiger partial charge in [-0.05, 0) is 49.9 Å². The molecule has 3 rings (SSSR count). The molecule has 2 aromatic rings. The highest BCUT2D eigenvalue weighted by Crippen LogP contribution is 2.32. The summed E-state index contributed by atoms with van der Waals surface area (Å²) in [6.45, 7) is 4.69. The second-order valence-corrected chi connectivity index (χ2v) is 8.87. The minimum atomic E-state index is -3.76. The van der Waals surface area contributed by atoms with Gasteiger partial charge in [0, 0.05) is 19.2 Å². The molecule has 1 aromatic carbocycles. The molecule has 146 valence electrons. The second-order valence-electron chi connectivity index (χ2n) is 6.93. The Morgan fingerprint density at radius 2 is 2.15 bits per heavy atom. The molecule has 0 radical (unpaired) electrons. The Morgan fingerprint density at radius 3 is 2.78 bits per heavy atom. The zero-order valence-electron chi connectivity index (χ0n) is 15.3. The number of sulfonamides is 1. The van der Waals surface area contributed by atoms with Crippen molar-refractivity contribution in [3.63, 3.8) is 0 Å². The first kappa shape index (κ1) is 19.4. The molecular weight excluding hydrogens is 370 g/mol. The molecule has 9 heteroatoms. The Bertz CT molecular complexity index is 911. The summed E-state index contributed by atoms with van der Waals surface area (Å²) < 4.78 is 32.5. The highest BCUT2D eigenvalue weighted by molar-refractivity contribution is 7.89. The molecule has 2 atom stereocenters. The van der Waals surface area contributed by atoms with Crippen LogP contribution < -0.4 is 5.32 Å². The maximum atomic E-state index is 12.9. The van der Waals surface area contributed by atoms with Crippen LogP contribution in [0.25, 0.3) is 0 Å². The first-order valence-electron chi connectivity index (χ1n) is 8.87. The number of hydrogen-bond acceptors (Lipinski definition) is 6. The predicted molar refractivity (Wildman–Crippen MR) is 101 cm³/mol. The monoisotopic (exact) mass is 393 g/mol. The van der Waals surface area contributed by atoms with Crippen LogP contribution in [0.1, 0.15) is 38.5 Å². The number of nitro benzene ring substituents is 1. The predicted octanol–water partition coefficient (Wildman–Crippen LogP) is 3.78. The van der Waals surface area contributed by atoms with Gasteiger partial charge in [0.05, 0.1) is 22.1 Å². The van der Waals surface area contributed by atoms with Crippen LogP contribution in [-0.2, 0) is 10.0 Å². The number of hydrogen-bond donors (Lipinski definition) is 1. The number of nitrogens with one attached hydrogen (secondary N) is 1. The van der Waals surface area contributed by atoms with Crippen LogP contribution in [-0.4, -0.2) is 30.7 Å². The van der Waals surface area contributed by atoms with Gasteiger partial charge >= 0.3 is 0 Å². The summed E-state index contributed by atoms with van der Waals surface area (Å²) in [6, 6.07) is 7.18. The third kappa shape index (κ3) is 4.14. The smallest absolute Gasteiger partial charge is 0.293 e. The van der Waals surface area contributed by atoms with Crippen LogP contribution in [0, 0.1) is 16.0 Å². The molecule has 0 saturated carbocycles. The number of anilines is 1. The maximum absolute atomic E-state index is 12.9. The Labute approximate surface area is 158 Å². The minimum absolute atomic E-state index is 0.0560. The lowest BCUT2D eigenvalue weighted by Crippen LogP contribution is -2.39. The van der Waals surface area contributed by atoms with Crippen LogP contribution >= 0.6 is 0 Å². The van der Waals surface area contributed by atoms with Crippen molar-refractivity contribution >= 4 is 21.4 Å². The van der Waals surface area contributed by atoms with Crippen molar-refractivity contribution < 1.29 is 17.8 Å². The second kappa shape index (κ2) is 7.69. The summed E-state index contributed by atoms with van der Waals surface area (Å²) in [5.74, 6) is 0.905. The molecule has 1 N–H and O–H groups in total. The molecular formula is C18H23N3O5S. The van der Waals surface area contributed by atoms with Crippen LogP contribution in [0.3, 0.4) is 0 Å². The zero-order valence-corrected chi connectivity index (χ0v) is 16.1. The van der Waals surface area contributed by atoms with E-state index in [2.05, 4.69) is 5.32 Å². The largest absolute Gasteiger partial charge is 0.467 e. The molecule has 0 unspecified atom stereocenters. The first-order valence-corrected chi connectivity index (χ1v) is 10.3. The zero-order chi connectivity index (χ0) is 19.6. The van der Waals surface area contributed by atoms with Crippen molar-refractivity contribution in [3.8, 4) is 0 Å². The number of rotatable bonds is 6. The van der Waals surface area contributed by atoms with Gasteiger partial charge in [-0.1, -0.05) is 6.92 Å². The standard InChI is InChI=1S/C18H23N3O5S/c1-13-5-3-9-20(12-13)27(24,25)15-7-8-16(17(11-15)21(22)23)19-14(2)18-6-4-10-26-18/h4,6-8,10-11,13-14,19H,3,5,9,12H2,1-2H3/t13-,14+/m1/s1. The van der Waals surface area contributed by atoms with Gasteiger partial charge in [0.1, 0.15) is 11.4 Å². The van der Waals surface area contributed by atoms with E-state index in [9.17, 15) is 18.5 Å². The number of benzene rings is 1. The van der Waals surface area contributed by atoms with Crippen molar-refractivity contribution in [3.05, 3.63) is 52.5 Å². The lowest BCUT2D eigenvalue weighted by Gasteiger charge is -2.30. The molecule has 1 aliphatic heterocycles. The average Bonchev–Trinajstić information content (AvgIpc) is 3.16. The Kier molecular flexibility index (Phi) is 5.52. The minimum Gasteiger partial charge on any atom is -0.467 e.